The fourth-order valence-corrected chi connectivity index (χ4v) is 3.53. The Kier molecular flexibility index (Phi) is 18.2. The first-order valence-electron chi connectivity index (χ1n) is 13.2. The molecule has 1 saturated heterocycles. The molecule has 1 fully saturated rings. The lowest BCUT2D eigenvalue weighted by molar-refractivity contribution is -0.323. The van der Waals surface area contributed by atoms with Gasteiger partial charge in [-0.15, -0.1) is 6.58 Å². The molecule has 0 radical (unpaired) electrons. The molecular weight excluding hydrogens is 422 g/mol. The Hall–Kier alpha value is -0.540. The smallest absolute Gasteiger partial charge is 0.187 e. The van der Waals surface area contributed by atoms with Gasteiger partial charge in [-0.25, -0.2) is 0 Å². The Morgan fingerprint density at radius 2 is 1.27 bits per heavy atom. The van der Waals surface area contributed by atoms with Crippen LogP contribution in [0.5, 0.6) is 0 Å². The van der Waals surface area contributed by atoms with Gasteiger partial charge in [-0.3, -0.25) is 0 Å². The first-order chi connectivity index (χ1) is 16.1. The highest BCUT2D eigenvalue weighted by molar-refractivity contribution is 4.94. The van der Waals surface area contributed by atoms with Crippen LogP contribution in [0.4, 0.5) is 0 Å². The molecule has 3 unspecified atom stereocenters. The molecule has 1 aliphatic rings. The summed E-state index contributed by atoms with van der Waals surface area (Å²) in [5.74, 6) is 0. The van der Waals surface area contributed by atoms with E-state index in [-0.39, 0.29) is 24.4 Å². The van der Waals surface area contributed by atoms with Crippen molar-refractivity contribution in [1.82, 2.24) is 0 Å². The van der Waals surface area contributed by atoms with Crippen LogP contribution in [0.25, 0.3) is 0 Å². The highest BCUT2D eigenvalue weighted by atomic mass is 16.7. The zero-order valence-corrected chi connectivity index (χ0v) is 21.7. The maximum atomic E-state index is 6.42. The summed E-state index contributed by atoms with van der Waals surface area (Å²) in [6, 6.07) is -0.276. The van der Waals surface area contributed by atoms with Crippen molar-refractivity contribution in [3.05, 3.63) is 12.7 Å². The Morgan fingerprint density at radius 3 is 1.82 bits per heavy atom. The summed E-state index contributed by atoms with van der Waals surface area (Å²) in [7, 11) is 0. The molecule has 0 aromatic rings. The molecule has 33 heavy (non-hydrogen) atoms. The van der Waals surface area contributed by atoms with E-state index < -0.39 is 12.4 Å². The topological polar surface area (TPSA) is 81.4 Å². The molecule has 0 amide bonds. The van der Waals surface area contributed by atoms with Gasteiger partial charge >= 0.3 is 0 Å². The average Bonchev–Trinajstić information content (AvgIpc) is 2.82. The fraction of sp³-hybridized carbons (Fsp3) is 0.923. The van der Waals surface area contributed by atoms with Gasteiger partial charge in [0.2, 0.25) is 0 Å². The summed E-state index contributed by atoms with van der Waals surface area (Å²) in [6.45, 7) is 15.7. The molecule has 1 rings (SSSR count). The van der Waals surface area contributed by atoms with Crippen molar-refractivity contribution >= 4 is 0 Å². The third kappa shape index (κ3) is 12.1. The lowest BCUT2D eigenvalue weighted by atomic mass is 9.98. The molecular formula is C26H51NO6. The van der Waals surface area contributed by atoms with Crippen LogP contribution in [0.15, 0.2) is 12.7 Å². The van der Waals surface area contributed by atoms with E-state index >= 15 is 0 Å². The summed E-state index contributed by atoms with van der Waals surface area (Å²) in [5.41, 5.74) is 6.03. The van der Waals surface area contributed by atoms with Gasteiger partial charge in [0.05, 0.1) is 13.2 Å². The summed E-state index contributed by atoms with van der Waals surface area (Å²) < 4.78 is 37.6. The van der Waals surface area contributed by atoms with Crippen LogP contribution in [0.2, 0.25) is 0 Å². The number of ether oxygens (including phenoxy) is 6. The number of hydrogen-bond donors (Lipinski definition) is 1. The van der Waals surface area contributed by atoms with Crippen molar-refractivity contribution in [2.24, 2.45) is 5.73 Å². The Labute approximate surface area is 202 Å². The molecule has 0 saturated carbocycles. The molecule has 7 nitrogen and oxygen atoms in total. The first kappa shape index (κ1) is 30.5. The second kappa shape index (κ2) is 19.7. The van der Waals surface area contributed by atoms with E-state index in [4.69, 9.17) is 34.2 Å². The van der Waals surface area contributed by atoms with Crippen molar-refractivity contribution in [3.8, 4) is 0 Å². The third-order valence-electron chi connectivity index (χ3n) is 5.70. The summed E-state index contributed by atoms with van der Waals surface area (Å²) in [4.78, 5) is 0. The monoisotopic (exact) mass is 473 g/mol. The second-order valence-electron chi connectivity index (χ2n) is 8.77. The van der Waals surface area contributed by atoms with Crippen molar-refractivity contribution in [2.45, 2.75) is 116 Å². The third-order valence-corrected chi connectivity index (χ3v) is 5.70. The van der Waals surface area contributed by atoms with E-state index in [9.17, 15) is 0 Å². The molecule has 0 aromatic heterocycles. The highest BCUT2D eigenvalue weighted by Gasteiger charge is 2.48. The quantitative estimate of drug-likeness (QED) is 0.192. The van der Waals surface area contributed by atoms with E-state index in [1.165, 1.54) is 0 Å². The molecule has 2 N–H and O–H groups in total. The largest absolute Gasteiger partial charge is 0.379 e. The van der Waals surface area contributed by atoms with E-state index in [1.807, 2.05) is 0 Å². The average molecular weight is 474 g/mol. The van der Waals surface area contributed by atoms with Crippen molar-refractivity contribution in [1.29, 1.82) is 0 Å². The zero-order valence-electron chi connectivity index (χ0n) is 21.7. The summed E-state index contributed by atoms with van der Waals surface area (Å²) in [6.07, 6.45) is 7.97. The van der Waals surface area contributed by atoms with Gasteiger partial charge in [0.25, 0.3) is 0 Å². The van der Waals surface area contributed by atoms with Gasteiger partial charge in [-0.1, -0.05) is 59.5 Å². The van der Waals surface area contributed by atoms with Gasteiger partial charge in [0.15, 0.2) is 6.29 Å². The summed E-state index contributed by atoms with van der Waals surface area (Å²) in [5, 5.41) is 0. The van der Waals surface area contributed by atoms with Crippen LogP contribution < -0.4 is 5.73 Å². The van der Waals surface area contributed by atoms with E-state index in [1.54, 1.807) is 6.08 Å². The van der Waals surface area contributed by atoms with Crippen LogP contribution >= 0.6 is 0 Å². The maximum Gasteiger partial charge on any atom is 0.187 e. The van der Waals surface area contributed by atoms with Crippen molar-refractivity contribution in [2.75, 3.05) is 39.6 Å². The van der Waals surface area contributed by atoms with Gasteiger partial charge in [-0.2, -0.15) is 0 Å². The Balaban J connectivity index is 3.09. The molecule has 0 aliphatic carbocycles. The van der Waals surface area contributed by atoms with E-state index in [0.717, 1.165) is 51.4 Å². The number of hydrogen-bond acceptors (Lipinski definition) is 7. The number of unbranched alkanes of at least 4 members (excludes halogenated alkanes) is 4. The lowest BCUT2D eigenvalue weighted by Crippen LogP contribution is -2.62. The number of rotatable bonds is 21. The molecule has 1 heterocycles. The standard InChI is InChI=1S/C26H51NO6/c1-6-11-15-28-20-22-23(29-16-12-7-2)24(30-17-13-8-3)25(31-18-14-9-4)26(33-22)32-19-21(27)10-5/h10,21-26H,5-9,11-20,27H2,1-4H3/t21-,22?,23?,24+,25?,26+/m1/s1. The summed E-state index contributed by atoms with van der Waals surface area (Å²) >= 11 is 0. The van der Waals surface area contributed by atoms with Crippen LogP contribution in [-0.4, -0.2) is 76.4 Å². The molecule has 196 valence electrons. The maximum absolute atomic E-state index is 6.42. The van der Waals surface area contributed by atoms with Crippen LogP contribution in [-0.2, 0) is 28.4 Å². The van der Waals surface area contributed by atoms with Gasteiger partial charge in [0, 0.05) is 32.5 Å². The highest BCUT2D eigenvalue weighted by Crippen LogP contribution is 2.30. The minimum atomic E-state index is -0.606. The van der Waals surface area contributed by atoms with Crippen molar-refractivity contribution < 1.29 is 28.4 Å². The fourth-order valence-electron chi connectivity index (χ4n) is 3.53. The molecule has 6 atom stereocenters. The lowest BCUT2D eigenvalue weighted by Gasteiger charge is -2.46. The second-order valence-corrected chi connectivity index (χ2v) is 8.77. The Bertz CT molecular complexity index is 466. The molecule has 0 aromatic carbocycles. The molecule has 0 spiro atoms. The normalized spacial score (nSPS) is 26.4. The first-order valence-corrected chi connectivity index (χ1v) is 13.2. The SMILES string of the molecule is C=C[C@@H](N)CO[C@H]1OC(COCCCC)C(OCCCC)[C@H](OCCCC)C1OCCCC. The zero-order chi connectivity index (χ0) is 24.3. The predicted octanol–water partition coefficient (Wildman–Crippen LogP) is 4.61. The van der Waals surface area contributed by atoms with E-state index in [0.29, 0.717) is 39.6 Å². The Morgan fingerprint density at radius 1 is 0.758 bits per heavy atom. The predicted molar refractivity (Wildman–Crippen MR) is 132 cm³/mol. The molecule has 1 aliphatic heterocycles. The van der Waals surface area contributed by atoms with Gasteiger partial charge in [-0.05, 0) is 25.7 Å². The number of nitrogens with two attached hydrogens (primary N) is 1. The van der Waals surface area contributed by atoms with Crippen LogP contribution in [0.1, 0.15) is 79.1 Å². The minimum absolute atomic E-state index is 0.276. The van der Waals surface area contributed by atoms with Crippen LogP contribution in [0.3, 0.4) is 0 Å². The minimum Gasteiger partial charge on any atom is -0.379 e. The molecule has 7 heteroatoms. The van der Waals surface area contributed by atoms with Crippen LogP contribution in [0, 0.1) is 0 Å². The van der Waals surface area contributed by atoms with Gasteiger partial charge < -0.3 is 34.2 Å². The molecule has 0 bridgehead atoms. The van der Waals surface area contributed by atoms with Gasteiger partial charge in [0.1, 0.15) is 24.4 Å². The van der Waals surface area contributed by atoms with Crippen molar-refractivity contribution in [3.63, 3.8) is 0 Å². The van der Waals surface area contributed by atoms with E-state index in [2.05, 4.69) is 34.3 Å².